The second-order valence-corrected chi connectivity index (χ2v) is 9.04. The fourth-order valence-corrected chi connectivity index (χ4v) is 3.95. The summed E-state index contributed by atoms with van der Waals surface area (Å²) < 4.78 is 1.10. The largest absolute Gasteiger partial charge is 0.396 e. The van der Waals surface area contributed by atoms with Crippen LogP contribution in [0.5, 0.6) is 0 Å². The number of aliphatic hydroxyl groups excluding tert-OH is 1. The van der Waals surface area contributed by atoms with Gasteiger partial charge in [-0.2, -0.15) is 4.98 Å². The molecule has 176 valence electrons. The molecule has 2 aromatic heterocycles. The van der Waals surface area contributed by atoms with Crippen molar-refractivity contribution in [1.29, 1.82) is 0 Å². The second kappa shape index (κ2) is 11.5. The van der Waals surface area contributed by atoms with Crippen molar-refractivity contribution in [1.82, 2.24) is 15.0 Å². The van der Waals surface area contributed by atoms with Crippen LogP contribution in [0, 0.1) is 12.8 Å². The summed E-state index contributed by atoms with van der Waals surface area (Å²) in [6.45, 7) is 7.41. The molecule has 9 nitrogen and oxygen atoms in total. The van der Waals surface area contributed by atoms with Gasteiger partial charge in [0, 0.05) is 20.2 Å². The molecule has 3 aromatic rings. The summed E-state index contributed by atoms with van der Waals surface area (Å²) in [5.41, 5.74) is 2.54. The number of aliphatic hydroxyl groups is 3. The van der Waals surface area contributed by atoms with Crippen molar-refractivity contribution in [2.75, 3.05) is 30.6 Å². The molecule has 0 bridgehead atoms. The van der Waals surface area contributed by atoms with Gasteiger partial charge in [-0.15, -0.1) is 11.3 Å². The van der Waals surface area contributed by atoms with Gasteiger partial charge >= 0.3 is 0 Å². The minimum atomic E-state index is -1.50. The Morgan fingerprint density at radius 2 is 1.81 bits per heavy atom. The third kappa shape index (κ3) is 7.64. The summed E-state index contributed by atoms with van der Waals surface area (Å²) >= 11 is 1.59. The molecule has 1 aromatic carbocycles. The number of fused-ring (bicyclic) bond motifs is 1. The Hall–Kier alpha value is -2.37. The quantitative estimate of drug-likeness (QED) is 0.251. The van der Waals surface area contributed by atoms with Crippen LogP contribution in [0.2, 0.25) is 0 Å². The molecule has 5 N–H and O–H groups in total. The van der Waals surface area contributed by atoms with Crippen molar-refractivity contribution in [3.8, 4) is 10.6 Å². The maximum absolute atomic E-state index is 9.77. The number of rotatable bonds is 8. The van der Waals surface area contributed by atoms with E-state index in [0.717, 1.165) is 44.4 Å². The lowest BCUT2D eigenvalue weighted by Crippen LogP contribution is -2.18. The van der Waals surface area contributed by atoms with Crippen molar-refractivity contribution in [3.63, 3.8) is 0 Å². The average Bonchev–Trinajstić information content (AvgIpc) is 3.13. The molecule has 0 saturated carbocycles. The first-order valence-electron chi connectivity index (χ1n) is 10.5. The molecule has 0 saturated heterocycles. The molecular formula is C22H33N5O4S. The average molecular weight is 464 g/mol. The highest BCUT2D eigenvalue weighted by molar-refractivity contribution is 7.21. The lowest BCUT2D eigenvalue weighted by Gasteiger charge is -2.17. The molecule has 0 spiro atoms. The summed E-state index contributed by atoms with van der Waals surface area (Å²) in [5.74, 6) is -0.370. The number of nitrogens with zero attached hydrogens (tertiary/aromatic N) is 4. The minimum Gasteiger partial charge on any atom is -0.396 e. The molecule has 0 aliphatic heterocycles. The molecule has 3 rings (SSSR count). The van der Waals surface area contributed by atoms with Gasteiger partial charge in [-0.05, 0) is 45.2 Å². The zero-order valence-electron chi connectivity index (χ0n) is 19.2. The van der Waals surface area contributed by atoms with E-state index in [1.165, 1.54) is 20.9 Å². The summed E-state index contributed by atoms with van der Waals surface area (Å²) in [6, 6.07) is 8.00. The lowest BCUT2D eigenvalue weighted by atomic mass is 10.0. The first-order chi connectivity index (χ1) is 15.0. The number of thiazole rings is 1. The van der Waals surface area contributed by atoms with Crippen molar-refractivity contribution in [2.24, 2.45) is 5.92 Å². The van der Waals surface area contributed by atoms with Crippen molar-refractivity contribution < 1.29 is 20.5 Å². The molecule has 1 atom stereocenters. The normalized spacial score (nSPS) is 12.3. The SMILES string of the molecule is CC(C)(O)O.CCC(CO)CCNc1nc(N(C)O)nc(C)c1-c1nc2ccccc2s1. The zero-order valence-corrected chi connectivity index (χ0v) is 20.0. The monoisotopic (exact) mass is 463 g/mol. The lowest BCUT2D eigenvalue weighted by molar-refractivity contribution is -0.127. The van der Waals surface area contributed by atoms with Crippen molar-refractivity contribution in [2.45, 2.75) is 46.3 Å². The third-order valence-electron chi connectivity index (χ3n) is 4.56. The fourth-order valence-electron chi connectivity index (χ4n) is 2.89. The van der Waals surface area contributed by atoms with Crippen LogP contribution in [-0.4, -0.2) is 61.5 Å². The molecule has 0 fully saturated rings. The van der Waals surface area contributed by atoms with E-state index in [9.17, 15) is 10.3 Å². The Kier molecular flexibility index (Phi) is 9.29. The standard InChI is InChI=1S/C19H25N5O2S.C3H8O2/c1-4-13(11-25)9-10-20-17-16(12(2)21-19(23-17)24(3)26)18-22-14-7-5-6-8-15(14)27-18;1-3(2,4)5/h5-8,13,25-26H,4,9-11H2,1-3H3,(H,20,21,23);4-5H,1-2H3. The molecule has 32 heavy (non-hydrogen) atoms. The molecule has 0 radical (unpaired) electrons. The highest BCUT2D eigenvalue weighted by Gasteiger charge is 2.19. The third-order valence-corrected chi connectivity index (χ3v) is 5.61. The molecular weight excluding hydrogens is 430 g/mol. The van der Waals surface area contributed by atoms with Crippen LogP contribution in [0.1, 0.15) is 39.3 Å². The van der Waals surface area contributed by atoms with Gasteiger partial charge in [-0.3, -0.25) is 5.21 Å². The van der Waals surface area contributed by atoms with Crippen LogP contribution in [-0.2, 0) is 0 Å². The van der Waals surface area contributed by atoms with Gasteiger partial charge in [-0.1, -0.05) is 25.5 Å². The minimum absolute atomic E-state index is 0.177. The highest BCUT2D eigenvalue weighted by atomic mass is 32.1. The summed E-state index contributed by atoms with van der Waals surface area (Å²) in [5, 5.41) is 40.4. The number of hydrogen-bond donors (Lipinski definition) is 5. The number of para-hydroxylation sites is 1. The number of benzene rings is 1. The molecule has 2 heterocycles. The van der Waals surface area contributed by atoms with Gasteiger partial charge in [-0.25, -0.2) is 15.0 Å². The van der Waals surface area contributed by atoms with E-state index in [0.29, 0.717) is 12.4 Å². The summed E-state index contributed by atoms with van der Waals surface area (Å²) in [6.07, 6.45) is 1.76. The smallest absolute Gasteiger partial charge is 0.251 e. The molecule has 0 amide bonds. The Balaban J connectivity index is 0.000000654. The van der Waals surface area contributed by atoms with Gasteiger partial charge < -0.3 is 20.6 Å². The number of hydroxylamine groups is 1. The van der Waals surface area contributed by atoms with E-state index < -0.39 is 5.79 Å². The van der Waals surface area contributed by atoms with Gasteiger partial charge in [0.25, 0.3) is 5.95 Å². The predicted octanol–water partition coefficient (Wildman–Crippen LogP) is 3.41. The fraction of sp³-hybridized carbons (Fsp3) is 0.500. The number of aryl methyl sites for hydroxylation is 1. The van der Waals surface area contributed by atoms with Crippen LogP contribution in [0.3, 0.4) is 0 Å². The van der Waals surface area contributed by atoms with E-state index in [1.54, 1.807) is 11.3 Å². The maximum atomic E-state index is 9.77. The first-order valence-corrected chi connectivity index (χ1v) is 11.3. The number of hydrogen-bond acceptors (Lipinski definition) is 10. The van der Waals surface area contributed by atoms with Crippen molar-refractivity contribution in [3.05, 3.63) is 30.0 Å². The second-order valence-electron chi connectivity index (χ2n) is 8.01. The van der Waals surface area contributed by atoms with Crippen LogP contribution in [0.4, 0.5) is 11.8 Å². The number of nitrogens with one attached hydrogen (secondary N) is 1. The first kappa shape index (κ1) is 25.9. The molecule has 0 aliphatic carbocycles. The Morgan fingerprint density at radius 3 is 2.38 bits per heavy atom. The van der Waals surface area contributed by atoms with Gasteiger partial charge in [0.15, 0.2) is 5.79 Å². The van der Waals surface area contributed by atoms with Gasteiger partial charge in [0.2, 0.25) is 0 Å². The van der Waals surface area contributed by atoms with Crippen LogP contribution in [0.25, 0.3) is 20.8 Å². The molecule has 1 unspecified atom stereocenters. The zero-order chi connectivity index (χ0) is 23.9. The number of anilines is 2. The van der Waals surface area contributed by atoms with Crippen LogP contribution in [0.15, 0.2) is 24.3 Å². The Bertz CT molecular complexity index is 961. The van der Waals surface area contributed by atoms with Crippen LogP contribution < -0.4 is 10.4 Å². The molecule has 10 heteroatoms. The van der Waals surface area contributed by atoms with E-state index in [4.69, 9.17) is 15.2 Å². The van der Waals surface area contributed by atoms with E-state index >= 15 is 0 Å². The number of aromatic nitrogens is 3. The van der Waals surface area contributed by atoms with Gasteiger partial charge in [0.05, 0.1) is 21.5 Å². The van der Waals surface area contributed by atoms with E-state index in [2.05, 4.69) is 22.2 Å². The maximum Gasteiger partial charge on any atom is 0.251 e. The molecule has 0 aliphatic rings. The van der Waals surface area contributed by atoms with E-state index in [1.807, 2.05) is 31.2 Å². The highest BCUT2D eigenvalue weighted by Crippen LogP contribution is 2.36. The summed E-state index contributed by atoms with van der Waals surface area (Å²) in [4.78, 5) is 13.6. The summed E-state index contributed by atoms with van der Waals surface area (Å²) in [7, 11) is 1.49. The van der Waals surface area contributed by atoms with Crippen LogP contribution >= 0.6 is 11.3 Å². The van der Waals surface area contributed by atoms with E-state index in [-0.39, 0.29) is 18.5 Å². The van der Waals surface area contributed by atoms with Crippen molar-refractivity contribution >= 4 is 33.3 Å². The topological polar surface area (TPSA) is 135 Å². The Morgan fingerprint density at radius 1 is 1.16 bits per heavy atom. The van der Waals surface area contributed by atoms with Gasteiger partial charge in [0.1, 0.15) is 10.8 Å². The Labute approximate surface area is 192 Å². The predicted molar refractivity (Wildman–Crippen MR) is 128 cm³/mol.